The Morgan fingerprint density at radius 1 is 1.03 bits per heavy atom. The average Bonchev–Trinajstić information content (AvgIpc) is 3.10. The van der Waals surface area contributed by atoms with E-state index in [2.05, 4.69) is 36.3 Å². The predicted octanol–water partition coefficient (Wildman–Crippen LogP) is 7.65. The number of hydrogen-bond acceptors (Lipinski definition) is 2. The number of imidazole rings is 1. The largest absolute Gasteiger partial charge is 0.327 e. The molecule has 0 amide bonds. The fourth-order valence-corrected chi connectivity index (χ4v) is 4.58. The molecule has 0 saturated carbocycles. The maximum atomic E-state index is 6.13. The summed E-state index contributed by atoms with van der Waals surface area (Å²) in [4.78, 5) is 9.67. The molecule has 0 aliphatic rings. The summed E-state index contributed by atoms with van der Waals surface area (Å²) in [6.45, 7) is 9.37. The fourth-order valence-electron chi connectivity index (χ4n) is 4.05. The molecule has 0 saturated heterocycles. The number of aryl methyl sites for hydroxylation is 3. The van der Waals surface area contributed by atoms with Gasteiger partial charge in [-0.05, 0) is 61.6 Å². The van der Waals surface area contributed by atoms with Crippen molar-refractivity contribution in [3.8, 4) is 0 Å². The average molecular weight is 438 g/mol. The molecular weight excluding hydrogens is 413 g/mol. The number of pyridine rings is 1. The number of halogens is 2. The van der Waals surface area contributed by atoms with Gasteiger partial charge in [0.1, 0.15) is 11.3 Å². The van der Waals surface area contributed by atoms with Crippen molar-refractivity contribution < 1.29 is 0 Å². The number of nitrogens with zero attached hydrogens (tertiary/aromatic N) is 3. The number of fused-ring (bicyclic) bond motifs is 3. The van der Waals surface area contributed by atoms with Crippen molar-refractivity contribution in [3.05, 3.63) is 76.2 Å². The van der Waals surface area contributed by atoms with Gasteiger partial charge >= 0.3 is 0 Å². The van der Waals surface area contributed by atoms with Crippen LogP contribution in [0.15, 0.2) is 49.0 Å². The Morgan fingerprint density at radius 3 is 2.50 bits per heavy atom. The van der Waals surface area contributed by atoms with Crippen LogP contribution in [0.1, 0.15) is 43.3 Å². The van der Waals surface area contributed by atoms with Gasteiger partial charge in [-0.3, -0.25) is 4.98 Å². The van der Waals surface area contributed by atoms with E-state index in [1.807, 2.05) is 25.1 Å². The van der Waals surface area contributed by atoms with Crippen LogP contribution >= 0.6 is 23.2 Å². The summed E-state index contributed by atoms with van der Waals surface area (Å²) < 4.78 is 2.38. The quantitative estimate of drug-likeness (QED) is 0.278. The summed E-state index contributed by atoms with van der Waals surface area (Å²) >= 11 is 12.3. The van der Waals surface area contributed by atoms with Gasteiger partial charge in [0.05, 0.1) is 16.7 Å². The highest BCUT2D eigenvalue weighted by Crippen LogP contribution is 2.29. The first-order chi connectivity index (χ1) is 14.5. The Labute approximate surface area is 187 Å². The summed E-state index contributed by atoms with van der Waals surface area (Å²) in [5.74, 6) is 1.12. The summed E-state index contributed by atoms with van der Waals surface area (Å²) in [5.41, 5.74) is 6.32. The zero-order valence-corrected chi connectivity index (χ0v) is 18.9. The van der Waals surface area contributed by atoms with Gasteiger partial charge in [0.15, 0.2) is 0 Å². The number of benzene rings is 2. The van der Waals surface area contributed by atoms with Crippen LogP contribution in [0.3, 0.4) is 0 Å². The molecule has 4 rings (SSSR count). The van der Waals surface area contributed by atoms with Gasteiger partial charge in [-0.1, -0.05) is 54.9 Å². The number of unbranched alkanes of at least 4 members (excludes halogenated alkanes) is 1. The van der Waals surface area contributed by atoms with Crippen LogP contribution < -0.4 is 0 Å². The van der Waals surface area contributed by atoms with E-state index in [4.69, 9.17) is 33.2 Å². The molecule has 0 unspecified atom stereocenters. The highest BCUT2D eigenvalue weighted by atomic mass is 35.5. The Morgan fingerprint density at radius 2 is 1.77 bits per heavy atom. The molecule has 0 bridgehead atoms. The van der Waals surface area contributed by atoms with Gasteiger partial charge in [-0.15, -0.1) is 0 Å². The smallest absolute Gasteiger partial charge is 0.111 e. The molecule has 0 atom stereocenters. The molecule has 3 nitrogen and oxygen atoms in total. The molecule has 0 N–H and O–H groups in total. The molecule has 2 aromatic heterocycles. The standard InChI is InChI=1S/C25H25Cl2N3/c1-4-23-29-24-17(3)28-22-11-6-5-10-21(22)25(24)30(23)12-8-7-9-16(2)18-13-19(26)15-20(27)14-18/h5-6,10-11,13-15H,2,4,7-9,12H2,1,3H3. The molecule has 2 aromatic carbocycles. The van der Waals surface area contributed by atoms with Gasteiger partial charge in [0, 0.05) is 28.4 Å². The topological polar surface area (TPSA) is 30.7 Å². The van der Waals surface area contributed by atoms with E-state index < -0.39 is 0 Å². The van der Waals surface area contributed by atoms with Crippen molar-refractivity contribution in [2.24, 2.45) is 0 Å². The van der Waals surface area contributed by atoms with Crippen LogP contribution in [0.2, 0.25) is 10.0 Å². The summed E-state index contributed by atoms with van der Waals surface area (Å²) in [6.07, 6.45) is 3.89. The Kier molecular flexibility index (Phi) is 6.12. The van der Waals surface area contributed by atoms with E-state index in [0.717, 1.165) is 65.9 Å². The van der Waals surface area contributed by atoms with E-state index in [1.54, 1.807) is 6.07 Å². The first-order valence-corrected chi connectivity index (χ1v) is 11.1. The maximum absolute atomic E-state index is 6.13. The lowest BCUT2D eigenvalue weighted by Gasteiger charge is -2.11. The minimum atomic E-state index is 0.645. The van der Waals surface area contributed by atoms with Crippen molar-refractivity contribution in [2.75, 3.05) is 0 Å². The SMILES string of the molecule is C=C(CCCCn1c(CC)nc2c(C)nc3ccccc3c21)c1cc(Cl)cc(Cl)c1. The molecular formula is C25H25Cl2N3. The van der Waals surface area contributed by atoms with E-state index in [0.29, 0.717) is 10.0 Å². The minimum Gasteiger partial charge on any atom is -0.327 e. The third kappa shape index (κ3) is 4.10. The van der Waals surface area contributed by atoms with Crippen molar-refractivity contribution in [1.29, 1.82) is 0 Å². The second kappa shape index (κ2) is 8.79. The third-order valence-electron chi connectivity index (χ3n) is 5.53. The number of para-hydroxylation sites is 1. The molecule has 4 aromatic rings. The van der Waals surface area contributed by atoms with Gasteiger partial charge in [0.2, 0.25) is 0 Å². The van der Waals surface area contributed by atoms with Gasteiger partial charge in [0.25, 0.3) is 0 Å². The molecule has 0 spiro atoms. The van der Waals surface area contributed by atoms with Crippen LogP contribution in [-0.4, -0.2) is 14.5 Å². The van der Waals surface area contributed by atoms with Gasteiger partial charge in [-0.2, -0.15) is 0 Å². The lowest BCUT2D eigenvalue weighted by molar-refractivity contribution is 0.607. The number of rotatable bonds is 7. The molecule has 0 aliphatic carbocycles. The molecule has 5 heteroatoms. The highest BCUT2D eigenvalue weighted by Gasteiger charge is 2.15. The van der Waals surface area contributed by atoms with E-state index in [9.17, 15) is 0 Å². The number of hydrogen-bond donors (Lipinski definition) is 0. The van der Waals surface area contributed by atoms with E-state index in [1.165, 1.54) is 10.9 Å². The monoisotopic (exact) mass is 437 g/mol. The second-order valence-corrected chi connectivity index (χ2v) is 8.54. The Hall–Kier alpha value is -2.36. The van der Waals surface area contributed by atoms with Crippen LogP contribution in [0.4, 0.5) is 0 Å². The number of aromatic nitrogens is 3. The number of allylic oxidation sites excluding steroid dienone is 1. The van der Waals surface area contributed by atoms with E-state index >= 15 is 0 Å². The van der Waals surface area contributed by atoms with Crippen molar-refractivity contribution in [3.63, 3.8) is 0 Å². The van der Waals surface area contributed by atoms with Gasteiger partial charge in [-0.25, -0.2) is 4.98 Å². The molecule has 30 heavy (non-hydrogen) atoms. The molecule has 0 radical (unpaired) electrons. The van der Waals surface area contributed by atoms with Crippen molar-refractivity contribution in [1.82, 2.24) is 14.5 Å². The Bertz CT molecular complexity index is 1220. The summed E-state index contributed by atoms with van der Waals surface area (Å²) in [5, 5.41) is 2.46. The zero-order chi connectivity index (χ0) is 21.3. The first-order valence-electron chi connectivity index (χ1n) is 10.4. The highest BCUT2D eigenvalue weighted by molar-refractivity contribution is 6.34. The minimum absolute atomic E-state index is 0.645. The van der Waals surface area contributed by atoms with Crippen LogP contribution in [0.5, 0.6) is 0 Å². The Balaban J connectivity index is 1.54. The molecule has 154 valence electrons. The normalized spacial score (nSPS) is 11.5. The maximum Gasteiger partial charge on any atom is 0.111 e. The predicted molar refractivity (Wildman–Crippen MR) is 128 cm³/mol. The first kappa shape index (κ1) is 20.9. The zero-order valence-electron chi connectivity index (χ0n) is 17.4. The molecule has 2 heterocycles. The lowest BCUT2D eigenvalue weighted by atomic mass is 10.0. The fraction of sp³-hybridized carbons (Fsp3) is 0.280. The van der Waals surface area contributed by atoms with Crippen molar-refractivity contribution >= 4 is 50.7 Å². The van der Waals surface area contributed by atoms with Crippen LogP contribution in [0, 0.1) is 6.92 Å². The summed E-state index contributed by atoms with van der Waals surface area (Å²) in [6, 6.07) is 13.9. The van der Waals surface area contributed by atoms with Crippen molar-refractivity contribution in [2.45, 2.75) is 46.1 Å². The third-order valence-corrected chi connectivity index (χ3v) is 5.97. The second-order valence-electron chi connectivity index (χ2n) is 7.66. The van der Waals surface area contributed by atoms with Crippen LogP contribution in [0.25, 0.3) is 27.5 Å². The molecule has 0 aliphatic heterocycles. The van der Waals surface area contributed by atoms with E-state index in [-0.39, 0.29) is 0 Å². The lowest BCUT2D eigenvalue weighted by Crippen LogP contribution is -2.04. The van der Waals surface area contributed by atoms with Gasteiger partial charge < -0.3 is 4.57 Å². The molecule has 0 fully saturated rings. The summed E-state index contributed by atoms with van der Waals surface area (Å²) in [7, 11) is 0. The van der Waals surface area contributed by atoms with Crippen LogP contribution in [-0.2, 0) is 13.0 Å².